The Kier molecular flexibility index (Phi) is 7.36. The number of nitrogens with zero attached hydrogens (tertiary/aromatic N) is 3. The molecule has 0 saturated carbocycles. The molecule has 262 valence electrons. The van der Waals surface area contributed by atoms with E-state index in [2.05, 4.69) is 170 Å². The normalized spacial score (nSPS) is 16.0. The summed E-state index contributed by atoms with van der Waals surface area (Å²) < 4.78 is 2.00. The Morgan fingerprint density at radius 3 is 2.20 bits per heavy atom. The van der Waals surface area contributed by atoms with E-state index >= 15 is 0 Å². The number of aromatic nitrogens is 1. The van der Waals surface area contributed by atoms with Crippen LogP contribution in [0.2, 0.25) is 0 Å². The molecule has 1 aliphatic heterocycles. The van der Waals surface area contributed by atoms with Gasteiger partial charge in [0.05, 0.1) is 22.4 Å². The summed E-state index contributed by atoms with van der Waals surface area (Å²) in [6.07, 6.45) is 7.69. The van der Waals surface area contributed by atoms with Crippen LogP contribution in [0.15, 0.2) is 198 Å². The first-order valence-electron chi connectivity index (χ1n) is 19.0. The zero-order valence-electron chi connectivity index (χ0n) is 30.4. The Labute approximate surface area is 324 Å². The van der Waals surface area contributed by atoms with Crippen molar-refractivity contribution < 1.29 is 0 Å². The van der Waals surface area contributed by atoms with Gasteiger partial charge < -0.3 is 0 Å². The van der Waals surface area contributed by atoms with Crippen molar-refractivity contribution in [1.29, 1.82) is 5.41 Å². The number of nitrogens with one attached hydrogen (secondary N) is 1. The highest BCUT2D eigenvalue weighted by molar-refractivity contribution is 6.27. The number of rotatable bonds is 3. The van der Waals surface area contributed by atoms with Crippen LogP contribution in [0, 0.1) is 5.41 Å². The van der Waals surface area contributed by atoms with Crippen molar-refractivity contribution in [2.75, 3.05) is 0 Å². The van der Waals surface area contributed by atoms with Gasteiger partial charge in [0.2, 0.25) is 5.96 Å². The molecular weight excluding hydrogens is 681 g/mol. The van der Waals surface area contributed by atoms with E-state index in [4.69, 9.17) is 9.98 Å². The van der Waals surface area contributed by atoms with Gasteiger partial charge in [0.15, 0.2) is 0 Å². The summed E-state index contributed by atoms with van der Waals surface area (Å²) in [6, 6.07) is 60.6. The first-order chi connectivity index (χ1) is 27.7. The second kappa shape index (κ2) is 12.9. The quantitative estimate of drug-likeness (QED) is 0.140. The predicted molar refractivity (Wildman–Crippen MR) is 235 cm³/mol. The van der Waals surface area contributed by atoms with Crippen LogP contribution in [-0.4, -0.2) is 22.5 Å². The lowest BCUT2D eigenvalue weighted by molar-refractivity contribution is 1.02. The summed E-state index contributed by atoms with van der Waals surface area (Å²) in [5.74, 6) is 0.321. The highest BCUT2D eigenvalue weighted by Crippen LogP contribution is 2.50. The Morgan fingerprint density at radius 2 is 1.30 bits per heavy atom. The monoisotopic (exact) mass is 714 g/mol. The highest BCUT2D eigenvalue weighted by Gasteiger charge is 2.30. The number of aliphatic imine (C=N–C) groups is 2. The smallest absolute Gasteiger partial charge is 0.227 e. The summed E-state index contributed by atoms with van der Waals surface area (Å²) in [5, 5.41) is 16.5. The van der Waals surface area contributed by atoms with Gasteiger partial charge >= 0.3 is 0 Å². The van der Waals surface area contributed by atoms with Gasteiger partial charge in [0, 0.05) is 22.9 Å². The lowest BCUT2D eigenvalue weighted by atomic mass is 9.88. The lowest BCUT2D eigenvalue weighted by Gasteiger charge is -2.15. The average Bonchev–Trinajstić information content (AvgIpc) is 3.77. The molecule has 1 unspecified atom stereocenters. The maximum Gasteiger partial charge on any atom is 0.227 e. The first-order valence-corrected chi connectivity index (χ1v) is 19.0. The zero-order valence-corrected chi connectivity index (χ0v) is 30.4. The maximum absolute atomic E-state index is 9.68. The summed E-state index contributed by atoms with van der Waals surface area (Å²) in [4.78, 5) is 9.77. The van der Waals surface area contributed by atoms with Crippen LogP contribution in [0.1, 0.15) is 28.2 Å². The van der Waals surface area contributed by atoms with Crippen LogP contribution >= 0.6 is 0 Å². The number of fused-ring (bicyclic) bond motifs is 9. The van der Waals surface area contributed by atoms with Crippen molar-refractivity contribution >= 4 is 67.3 Å². The van der Waals surface area contributed by atoms with Crippen LogP contribution in [0.25, 0.3) is 71.7 Å². The Hall–Kier alpha value is -7.43. The summed E-state index contributed by atoms with van der Waals surface area (Å²) in [7, 11) is 0. The third-order valence-electron chi connectivity index (χ3n) is 11.4. The number of benzene rings is 8. The fourth-order valence-electron chi connectivity index (χ4n) is 8.97. The van der Waals surface area contributed by atoms with E-state index in [1.807, 2.05) is 22.8 Å². The van der Waals surface area contributed by atoms with E-state index in [0.29, 0.717) is 11.4 Å². The minimum Gasteiger partial charge on any atom is -0.278 e. The standard InChI is InChI=1S/C52H34N4/c53-52(55-46-25-13-29-54-47(46)31-35-18-12-17-33-14-4-5-19-37(33)35)56-48-26-11-10-24-43(48)51-41-23-9-6-20-38(41)44(32-49(51)56)36-27-28-42-45(30-36)39-21-7-8-22-40(39)50(42)34-15-2-1-3-16-34/h1-32,50,53H/b47-31-,53-52?,55-46-. The summed E-state index contributed by atoms with van der Waals surface area (Å²) in [5.41, 5.74) is 13.1. The van der Waals surface area contributed by atoms with Crippen molar-refractivity contribution in [2.45, 2.75) is 5.92 Å². The molecule has 2 aliphatic rings. The minimum absolute atomic E-state index is 0.131. The van der Waals surface area contributed by atoms with Crippen molar-refractivity contribution in [3.05, 3.63) is 210 Å². The molecule has 0 radical (unpaired) electrons. The van der Waals surface area contributed by atoms with Gasteiger partial charge in [0.1, 0.15) is 0 Å². The van der Waals surface area contributed by atoms with E-state index in [1.165, 1.54) is 38.6 Å². The average molecular weight is 715 g/mol. The molecule has 1 aromatic heterocycles. The number of hydrogen-bond donors (Lipinski definition) is 1. The predicted octanol–water partition coefficient (Wildman–Crippen LogP) is 12.8. The van der Waals surface area contributed by atoms with Gasteiger partial charge in [-0.15, -0.1) is 0 Å². The molecule has 56 heavy (non-hydrogen) atoms. The molecule has 11 rings (SSSR count). The van der Waals surface area contributed by atoms with Crippen molar-refractivity contribution in [3.63, 3.8) is 0 Å². The Morgan fingerprint density at radius 1 is 0.589 bits per heavy atom. The molecule has 0 fully saturated rings. The highest BCUT2D eigenvalue weighted by atomic mass is 15.2. The van der Waals surface area contributed by atoms with E-state index in [9.17, 15) is 5.41 Å². The van der Waals surface area contributed by atoms with Crippen LogP contribution in [0.5, 0.6) is 0 Å². The molecule has 0 amide bonds. The van der Waals surface area contributed by atoms with E-state index in [0.717, 1.165) is 49.3 Å². The second-order valence-electron chi connectivity index (χ2n) is 14.5. The number of allylic oxidation sites excluding steroid dienone is 2. The van der Waals surface area contributed by atoms with Gasteiger partial charge in [0.25, 0.3) is 0 Å². The SMILES string of the molecule is N=C(/N=C1/C=CC=N/C1=C\c1cccc2ccccc12)n1c2ccccc2c2c3ccccc3c(-c3ccc4c(c3)-c3ccccc3C4c3ccccc3)cc21. The van der Waals surface area contributed by atoms with Gasteiger partial charge in [-0.3, -0.25) is 15.0 Å². The largest absolute Gasteiger partial charge is 0.278 e. The fraction of sp³-hybridized carbons (Fsp3) is 0.0192. The first kappa shape index (κ1) is 32.0. The maximum atomic E-state index is 9.68. The van der Waals surface area contributed by atoms with Crippen molar-refractivity contribution in [3.8, 4) is 22.3 Å². The molecular formula is C52H34N4. The summed E-state index contributed by atoms with van der Waals surface area (Å²) >= 11 is 0. The number of para-hydroxylation sites is 1. The van der Waals surface area contributed by atoms with Crippen molar-refractivity contribution in [1.82, 2.24) is 4.57 Å². The van der Waals surface area contributed by atoms with E-state index < -0.39 is 0 Å². The van der Waals surface area contributed by atoms with Crippen LogP contribution in [0.3, 0.4) is 0 Å². The lowest BCUT2D eigenvalue weighted by Crippen LogP contribution is -2.12. The molecule has 4 nitrogen and oxygen atoms in total. The number of hydrogen-bond acceptors (Lipinski definition) is 2. The van der Waals surface area contributed by atoms with Crippen LogP contribution in [-0.2, 0) is 0 Å². The van der Waals surface area contributed by atoms with Crippen LogP contribution < -0.4 is 0 Å². The topological polar surface area (TPSA) is 53.5 Å². The molecule has 2 heterocycles. The molecule has 8 aromatic carbocycles. The molecule has 4 heteroatoms. The molecule has 0 saturated heterocycles. The van der Waals surface area contributed by atoms with Gasteiger partial charge in [-0.05, 0) is 102 Å². The summed E-state index contributed by atoms with van der Waals surface area (Å²) in [6.45, 7) is 0. The fourth-order valence-corrected chi connectivity index (χ4v) is 8.97. The van der Waals surface area contributed by atoms with Crippen molar-refractivity contribution in [2.24, 2.45) is 9.98 Å². The third kappa shape index (κ3) is 5.04. The molecule has 0 bridgehead atoms. The molecule has 9 aromatic rings. The van der Waals surface area contributed by atoms with E-state index in [-0.39, 0.29) is 11.9 Å². The molecule has 0 spiro atoms. The van der Waals surface area contributed by atoms with Gasteiger partial charge in [-0.2, -0.15) is 0 Å². The van der Waals surface area contributed by atoms with E-state index in [1.54, 1.807) is 6.21 Å². The molecule has 1 aliphatic carbocycles. The minimum atomic E-state index is 0.131. The third-order valence-corrected chi connectivity index (χ3v) is 11.4. The van der Waals surface area contributed by atoms with Gasteiger partial charge in [-0.1, -0.05) is 152 Å². The second-order valence-corrected chi connectivity index (χ2v) is 14.5. The van der Waals surface area contributed by atoms with Crippen LogP contribution in [0.4, 0.5) is 0 Å². The Balaban J connectivity index is 1.10. The molecule has 1 N–H and O–H groups in total. The zero-order chi connectivity index (χ0) is 37.2. The molecule has 1 atom stereocenters. The number of dihydropyridines is 1. The Bertz CT molecular complexity index is 3210. The van der Waals surface area contributed by atoms with Gasteiger partial charge in [-0.25, -0.2) is 4.99 Å².